The van der Waals surface area contributed by atoms with E-state index >= 15 is 0 Å². The van der Waals surface area contributed by atoms with E-state index in [2.05, 4.69) is 5.32 Å². The quantitative estimate of drug-likeness (QED) is 0.675. The van der Waals surface area contributed by atoms with Crippen molar-refractivity contribution >= 4 is 44.8 Å². The molecule has 2 aromatic rings. The maximum atomic E-state index is 12.3. The topological polar surface area (TPSA) is 101 Å². The molecule has 0 bridgehead atoms. The van der Waals surface area contributed by atoms with Crippen molar-refractivity contribution in [3.63, 3.8) is 0 Å². The number of benzene rings is 2. The number of imide groups is 1. The molecule has 0 spiro atoms. The first-order valence-electron chi connectivity index (χ1n) is 8.95. The van der Waals surface area contributed by atoms with E-state index in [1.807, 2.05) is 0 Å². The third kappa shape index (κ3) is 5.42. The Kier molecular flexibility index (Phi) is 6.34. The Bertz CT molecular complexity index is 1020. The van der Waals surface area contributed by atoms with E-state index in [9.17, 15) is 22.8 Å². The monoisotopic (exact) mass is 434 g/mol. The van der Waals surface area contributed by atoms with Crippen LogP contribution >= 0.6 is 11.6 Å². The van der Waals surface area contributed by atoms with E-state index < -0.39 is 15.7 Å². The standard InChI is InChI=1S/C20H19ClN2O5S/c21-15-3-7-17(8-4-15)29(27,28)12-11-18(24)22-16-5-1-14(2-6-16)13-23-19(25)9-10-20(23)26/h1-8H,9-13H2,(H,22,24). The largest absolute Gasteiger partial charge is 0.326 e. The molecule has 1 saturated heterocycles. The Morgan fingerprint density at radius 2 is 1.55 bits per heavy atom. The van der Waals surface area contributed by atoms with E-state index in [1.54, 1.807) is 24.3 Å². The van der Waals surface area contributed by atoms with Crippen LogP contribution in [0.3, 0.4) is 0 Å². The summed E-state index contributed by atoms with van der Waals surface area (Å²) in [4.78, 5) is 36.8. The summed E-state index contributed by atoms with van der Waals surface area (Å²) in [5.74, 6) is -1.12. The molecule has 152 valence electrons. The number of amides is 3. The smallest absolute Gasteiger partial charge is 0.229 e. The van der Waals surface area contributed by atoms with Crippen LogP contribution in [0.1, 0.15) is 24.8 Å². The predicted molar refractivity (Wildman–Crippen MR) is 108 cm³/mol. The molecule has 1 aliphatic heterocycles. The summed E-state index contributed by atoms with van der Waals surface area (Å²) < 4.78 is 24.6. The van der Waals surface area contributed by atoms with Crippen molar-refractivity contribution < 1.29 is 22.8 Å². The molecule has 1 fully saturated rings. The van der Waals surface area contributed by atoms with Gasteiger partial charge in [-0.3, -0.25) is 19.3 Å². The molecule has 2 aromatic carbocycles. The Balaban J connectivity index is 1.53. The highest BCUT2D eigenvalue weighted by molar-refractivity contribution is 7.91. The van der Waals surface area contributed by atoms with Gasteiger partial charge < -0.3 is 5.32 Å². The molecular formula is C20H19ClN2O5S. The van der Waals surface area contributed by atoms with Gasteiger partial charge in [-0.05, 0) is 42.0 Å². The lowest BCUT2D eigenvalue weighted by Crippen LogP contribution is -2.28. The number of likely N-dealkylation sites (tertiary alicyclic amines) is 1. The summed E-state index contributed by atoms with van der Waals surface area (Å²) in [6.07, 6.45) is 0.293. The van der Waals surface area contributed by atoms with Crippen molar-refractivity contribution in [2.75, 3.05) is 11.1 Å². The molecule has 0 unspecified atom stereocenters. The van der Waals surface area contributed by atoms with Crippen LogP contribution in [0.4, 0.5) is 5.69 Å². The third-order valence-electron chi connectivity index (χ3n) is 4.50. The maximum Gasteiger partial charge on any atom is 0.229 e. The second-order valence-corrected chi connectivity index (χ2v) is 9.19. The van der Waals surface area contributed by atoms with E-state index in [4.69, 9.17) is 11.6 Å². The second kappa shape index (κ2) is 8.75. The zero-order chi connectivity index (χ0) is 21.0. The summed E-state index contributed by atoms with van der Waals surface area (Å²) in [6, 6.07) is 12.5. The van der Waals surface area contributed by atoms with Crippen molar-refractivity contribution in [1.29, 1.82) is 0 Å². The summed E-state index contributed by atoms with van der Waals surface area (Å²) in [7, 11) is -3.58. The number of halogens is 1. The predicted octanol–water partition coefficient (Wildman–Crippen LogP) is 2.79. The van der Waals surface area contributed by atoms with Crippen LogP contribution in [0.15, 0.2) is 53.4 Å². The Labute approximate surface area is 173 Å². The molecule has 0 saturated carbocycles. The van der Waals surface area contributed by atoms with Crippen molar-refractivity contribution in [2.24, 2.45) is 0 Å². The van der Waals surface area contributed by atoms with Gasteiger partial charge in [0.25, 0.3) is 0 Å². The minimum absolute atomic E-state index is 0.116. The molecule has 0 atom stereocenters. The molecule has 1 N–H and O–H groups in total. The molecule has 9 heteroatoms. The van der Waals surface area contributed by atoms with E-state index in [0.29, 0.717) is 10.7 Å². The number of hydrogen-bond donors (Lipinski definition) is 1. The Morgan fingerprint density at radius 3 is 2.14 bits per heavy atom. The van der Waals surface area contributed by atoms with E-state index in [0.717, 1.165) is 5.56 Å². The minimum atomic E-state index is -3.58. The number of carbonyl (C=O) groups is 3. The molecule has 3 rings (SSSR count). The number of nitrogens with one attached hydrogen (secondary N) is 1. The summed E-state index contributed by atoms with van der Waals surface area (Å²) in [5, 5.41) is 3.08. The number of carbonyl (C=O) groups excluding carboxylic acids is 3. The maximum absolute atomic E-state index is 12.3. The van der Waals surface area contributed by atoms with Crippen LogP contribution in [-0.2, 0) is 30.8 Å². The molecule has 0 aromatic heterocycles. The van der Waals surface area contributed by atoms with Crippen LogP contribution in [0.2, 0.25) is 5.02 Å². The van der Waals surface area contributed by atoms with Crippen molar-refractivity contribution in [3.05, 3.63) is 59.1 Å². The number of hydrogen-bond acceptors (Lipinski definition) is 5. The lowest BCUT2D eigenvalue weighted by atomic mass is 10.2. The fourth-order valence-corrected chi connectivity index (χ4v) is 4.25. The van der Waals surface area contributed by atoms with Crippen LogP contribution in [0, 0.1) is 0 Å². The molecule has 3 amide bonds. The number of nitrogens with zero attached hydrogens (tertiary/aromatic N) is 1. The van der Waals surface area contributed by atoms with Gasteiger partial charge in [-0.15, -0.1) is 0 Å². The highest BCUT2D eigenvalue weighted by atomic mass is 35.5. The van der Waals surface area contributed by atoms with Gasteiger partial charge in [0.15, 0.2) is 9.84 Å². The van der Waals surface area contributed by atoms with Gasteiger partial charge >= 0.3 is 0 Å². The Hall–Kier alpha value is -2.71. The van der Waals surface area contributed by atoms with Crippen molar-refractivity contribution in [1.82, 2.24) is 4.90 Å². The van der Waals surface area contributed by atoms with Crippen LogP contribution in [0.25, 0.3) is 0 Å². The third-order valence-corrected chi connectivity index (χ3v) is 6.49. The zero-order valence-corrected chi connectivity index (χ0v) is 17.0. The highest BCUT2D eigenvalue weighted by Crippen LogP contribution is 2.18. The molecule has 1 aliphatic rings. The second-order valence-electron chi connectivity index (χ2n) is 6.64. The average Bonchev–Trinajstić information content (AvgIpc) is 3.00. The van der Waals surface area contributed by atoms with E-state index in [1.165, 1.54) is 29.2 Å². The first-order valence-corrected chi connectivity index (χ1v) is 11.0. The lowest BCUT2D eigenvalue weighted by molar-refractivity contribution is -0.139. The fraction of sp³-hybridized carbons (Fsp3) is 0.250. The van der Waals surface area contributed by atoms with Gasteiger partial charge in [-0.25, -0.2) is 8.42 Å². The number of rotatable bonds is 7. The van der Waals surface area contributed by atoms with Crippen LogP contribution < -0.4 is 5.32 Å². The van der Waals surface area contributed by atoms with Gasteiger partial charge in [0, 0.05) is 30.0 Å². The van der Waals surface area contributed by atoms with Crippen LogP contribution in [-0.4, -0.2) is 36.8 Å². The fourth-order valence-electron chi connectivity index (χ4n) is 2.89. The van der Waals surface area contributed by atoms with Crippen molar-refractivity contribution in [2.45, 2.75) is 30.7 Å². The zero-order valence-electron chi connectivity index (χ0n) is 15.4. The summed E-state index contributed by atoms with van der Waals surface area (Å²) >= 11 is 5.76. The van der Waals surface area contributed by atoms with Gasteiger partial charge in [-0.2, -0.15) is 0 Å². The molecule has 1 heterocycles. The van der Waals surface area contributed by atoms with E-state index in [-0.39, 0.29) is 48.3 Å². The molecule has 7 nitrogen and oxygen atoms in total. The minimum Gasteiger partial charge on any atom is -0.326 e. The van der Waals surface area contributed by atoms with Gasteiger partial charge in [0.2, 0.25) is 17.7 Å². The number of sulfone groups is 1. The normalized spacial score (nSPS) is 14.3. The summed E-state index contributed by atoms with van der Waals surface area (Å²) in [5.41, 5.74) is 1.26. The van der Waals surface area contributed by atoms with Gasteiger partial charge in [0.1, 0.15) is 0 Å². The molecular weight excluding hydrogens is 416 g/mol. The van der Waals surface area contributed by atoms with Crippen LogP contribution in [0.5, 0.6) is 0 Å². The molecule has 29 heavy (non-hydrogen) atoms. The van der Waals surface area contributed by atoms with Crippen molar-refractivity contribution in [3.8, 4) is 0 Å². The van der Waals surface area contributed by atoms with Gasteiger partial charge in [0.05, 0.1) is 17.2 Å². The summed E-state index contributed by atoms with van der Waals surface area (Å²) in [6.45, 7) is 0.200. The lowest BCUT2D eigenvalue weighted by Gasteiger charge is -2.14. The molecule has 0 aliphatic carbocycles. The first kappa shape index (κ1) is 21.0. The number of anilines is 1. The SMILES string of the molecule is O=C(CCS(=O)(=O)c1ccc(Cl)cc1)Nc1ccc(CN2C(=O)CCC2=O)cc1. The van der Waals surface area contributed by atoms with Gasteiger partial charge in [-0.1, -0.05) is 23.7 Å². The first-order chi connectivity index (χ1) is 13.7. The average molecular weight is 435 g/mol. The molecule has 0 radical (unpaired) electrons. The Morgan fingerprint density at radius 1 is 0.966 bits per heavy atom. The highest BCUT2D eigenvalue weighted by Gasteiger charge is 2.28.